The largest absolute Gasteiger partial charge is 0.359 e. The highest BCUT2D eigenvalue weighted by Gasteiger charge is 2.32. The van der Waals surface area contributed by atoms with Crippen molar-refractivity contribution in [1.29, 1.82) is 0 Å². The number of amides is 3. The average Bonchev–Trinajstić information content (AvgIpc) is 2.53. The highest BCUT2D eigenvalue weighted by molar-refractivity contribution is 5.94. The van der Waals surface area contributed by atoms with Crippen molar-refractivity contribution in [3.05, 3.63) is 29.6 Å². The number of piperazine rings is 1. The Bertz CT molecular complexity index is 650. The predicted octanol–water partition coefficient (Wildman–Crippen LogP) is 0.00912. The minimum absolute atomic E-state index is 0.00874. The summed E-state index contributed by atoms with van der Waals surface area (Å²) < 4.78 is 13.1. The van der Waals surface area contributed by atoms with Crippen LogP contribution in [0.2, 0.25) is 0 Å². The van der Waals surface area contributed by atoms with Crippen molar-refractivity contribution in [2.75, 3.05) is 32.0 Å². The Hall–Kier alpha value is -2.48. The Morgan fingerprint density at radius 3 is 2.79 bits per heavy atom. The Balaban J connectivity index is 2.02. The molecule has 0 saturated carbocycles. The van der Waals surface area contributed by atoms with Gasteiger partial charge >= 0.3 is 0 Å². The van der Waals surface area contributed by atoms with Gasteiger partial charge in [-0.1, -0.05) is 0 Å². The number of carbonyl (C=O) groups is 3. The lowest BCUT2D eigenvalue weighted by Crippen LogP contribution is -2.57. The molecule has 1 heterocycles. The molecule has 1 aliphatic rings. The molecule has 1 aromatic rings. The molecule has 0 bridgehead atoms. The van der Waals surface area contributed by atoms with Crippen LogP contribution in [0.25, 0.3) is 0 Å². The monoisotopic (exact) mass is 336 g/mol. The van der Waals surface area contributed by atoms with E-state index in [1.807, 2.05) is 0 Å². The summed E-state index contributed by atoms with van der Waals surface area (Å²) in [6.07, 6.45) is -0.00874. The Morgan fingerprint density at radius 2 is 2.12 bits per heavy atom. The summed E-state index contributed by atoms with van der Waals surface area (Å²) in [4.78, 5) is 37.5. The van der Waals surface area contributed by atoms with Crippen LogP contribution in [0.3, 0.4) is 0 Å². The number of nitrogens with one attached hydrogen (secondary N) is 3. The second-order valence-corrected chi connectivity index (χ2v) is 5.66. The van der Waals surface area contributed by atoms with Gasteiger partial charge < -0.3 is 16.0 Å². The highest BCUT2D eigenvalue weighted by atomic mass is 19.1. The zero-order chi connectivity index (χ0) is 17.7. The molecule has 7 nitrogen and oxygen atoms in total. The minimum atomic E-state index is -0.682. The number of hydrogen-bond acceptors (Lipinski definition) is 4. The number of anilines is 1. The molecule has 3 N–H and O–H groups in total. The molecule has 1 aliphatic heterocycles. The van der Waals surface area contributed by atoms with Crippen molar-refractivity contribution in [3.63, 3.8) is 0 Å². The van der Waals surface area contributed by atoms with E-state index >= 15 is 0 Å². The van der Waals surface area contributed by atoms with E-state index in [0.717, 1.165) is 0 Å². The van der Waals surface area contributed by atoms with E-state index in [9.17, 15) is 18.8 Å². The van der Waals surface area contributed by atoms with Gasteiger partial charge in [-0.3, -0.25) is 19.3 Å². The van der Waals surface area contributed by atoms with E-state index in [-0.39, 0.29) is 36.5 Å². The smallest absolute Gasteiger partial charge is 0.238 e. The summed E-state index contributed by atoms with van der Waals surface area (Å²) in [5, 5.41) is 7.88. The Kier molecular flexibility index (Phi) is 5.86. The standard InChI is InChI=1S/C16H21FN4O3/c1-10-7-11(17)3-4-12(10)20-15(23)9-21-6-5-19-16(24)13(21)8-14(22)18-2/h3-4,7,13H,5-6,8-9H2,1-2H3,(H,18,22)(H,19,24)(H,20,23). The first-order chi connectivity index (χ1) is 11.4. The molecule has 8 heteroatoms. The Labute approximate surface area is 139 Å². The second-order valence-electron chi connectivity index (χ2n) is 5.66. The highest BCUT2D eigenvalue weighted by Crippen LogP contribution is 2.16. The first kappa shape index (κ1) is 17.9. The normalized spacial score (nSPS) is 18.0. The molecule has 24 heavy (non-hydrogen) atoms. The maximum absolute atomic E-state index is 13.1. The van der Waals surface area contributed by atoms with Gasteiger partial charge in [-0.05, 0) is 30.7 Å². The summed E-state index contributed by atoms with van der Waals surface area (Å²) in [5.74, 6) is -1.22. The predicted molar refractivity (Wildman–Crippen MR) is 86.8 cm³/mol. The van der Waals surface area contributed by atoms with Crippen LogP contribution in [0.15, 0.2) is 18.2 Å². The van der Waals surface area contributed by atoms with Crippen molar-refractivity contribution >= 4 is 23.4 Å². The molecule has 1 fully saturated rings. The molecular weight excluding hydrogens is 315 g/mol. The van der Waals surface area contributed by atoms with Crippen LogP contribution in [-0.4, -0.2) is 55.3 Å². The van der Waals surface area contributed by atoms with Gasteiger partial charge in [0, 0.05) is 25.8 Å². The van der Waals surface area contributed by atoms with Crippen LogP contribution < -0.4 is 16.0 Å². The van der Waals surface area contributed by atoms with Crippen molar-refractivity contribution in [1.82, 2.24) is 15.5 Å². The SMILES string of the molecule is CNC(=O)CC1C(=O)NCCN1CC(=O)Nc1ccc(F)cc1C. The second kappa shape index (κ2) is 7.87. The van der Waals surface area contributed by atoms with Crippen molar-refractivity contribution in [2.45, 2.75) is 19.4 Å². The molecule has 2 rings (SSSR count). The van der Waals surface area contributed by atoms with Gasteiger partial charge in [0.1, 0.15) is 5.82 Å². The third kappa shape index (κ3) is 4.51. The van der Waals surface area contributed by atoms with E-state index < -0.39 is 6.04 Å². The molecule has 0 aromatic heterocycles. The first-order valence-electron chi connectivity index (χ1n) is 7.69. The van der Waals surface area contributed by atoms with E-state index in [0.29, 0.717) is 24.3 Å². The molecule has 1 saturated heterocycles. The third-order valence-corrected chi connectivity index (χ3v) is 3.91. The first-order valence-corrected chi connectivity index (χ1v) is 7.69. The van der Waals surface area contributed by atoms with Gasteiger partial charge in [0.15, 0.2) is 0 Å². The number of aryl methyl sites for hydroxylation is 1. The van der Waals surface area contributed by atoms with E-state index in [1.54, 1.807) is 11.8 Å². The fourth-order valence-corrected chi connectivity index (χ4v) is 2.59. The van der Waals surface area contributed by atoms with E-state index in [4.69, 9.17) is 0 Å². The van der Waals surface area contributed by atoms with Crippen LogP contribution in [0.4, 0.5) is 10.1 Å². The summed E-state index contributed by atoms with van der Waals surface area (Å²) >= 11 is 0. The maximum Gasteiger partial charge on any atom is 0.238 e. The number of rotatable bonds is 5. The average molecular weight is 336 g/mol. The summed E-state index contributed by atoms with van der Waals surface area (Å²) in [6, 6.07) is 3.41. The topological polar surface area (TPSA) is 90.5 Å². The molecule has 1 atom stereocenters. The molecule has 3 amide bonds. The lowest BCUT2D eigenvalue weighted by atomic mass is 10.1. The fraction of sp³-hybridized carbons (Fsp3) is 0.438. The van der Waals surface area contributed by atoms with E-state index in [1.165, 1.54) is 25.2 Å². The van der Waals surface area contributed by atoms with Gasteiger partial charge in [-0.25, -0.2) is 4.39 Å². The molecule has 0 spiro atoms. The number of hydrogen-bond donors (Lipinski definition) is 3. The third-order valence-electron chi connectivity index (χ3n) is 3.91. The van der Waals surface area contributed by atoms with Crippen LogP contribution in [0, 0.1) is 12.7 Å². The quantitative estimate of drug-likeness (QED) is 0.706. The van der Waals surface area contributed by atoms with Crippen LogP contribution >= 0.6 is 0 Å². The van der Waals surface area contributed by atoms with Crippen molar-refractivity contribution in [2.24, 2.45) is 0 Å². The minimum Gasteiger partial charge on any atom is -0.359 e. The number of benzene rings is 1. The van der Waals surface area contributed by atoms with Gasteiger partial charge in [0.2, 0.25) is 17.7 Å². The fourth-order valence-electron chi connectivity index (χ4n) is 2.59. The summed E-state index contributed by atoms with van der Waals surface area (Å²) in [6.45, 7) is 2.57. The van der Waals surface area contributed by atoms with Crippen LogP contribution in [0.1, 0.15) is 12.0 Å². The Morgan fingerprint density at radius 1 is 1.38 bits per heavy atom. The molecule has 1 unspecified atom stereocenters. The van der Waals surface area contributed by atoms with Gasteiger partial charge in [-0.15, -0.1) is 0 Å². The zero-order valence-electron chi connectivity index (χ0n) is 13.7. The molecular formula is C16H21FN4O3. The molecule has 0 radical (unpaired) electrons. The van der Waals surface area contributed by atoms with Gasteiger partial charge in [0.05, 0.1) is 19.0 Å². The van der Waals surface area contributed by atoms with Crippen LogP contribution in [-0.2, 0) is 14.4 Å². The molecule has 1 aromatic carbocycles. The lowest BCUT2D eigenvalue weighted by molar-refractivity contribution is -0.135. The maximum atomic E-state index is 13.1. The number of carbonyl (C=O) groups excluding carboxylic acids is 3. The molecule has 0 aliphatic carbocycles. The van der Waals surface area contributed by atoms with Gasteiger partial charge in [-0.2, -0.15) is 0 Å². The summed E-state index contributed by atoms with van der Waals surface area (Å²) in [7, 11) is 1.50. The van der Waals surface area contributed by atoms with Gasteiger partial charge in [0.25, 0.3) is 0 Å². The lowest BCUT2D eigenvalue weighted by Gasteiger charge is -2.34. The zero-order valence-corrected chi connectivity index (χ0v) is 13.7. The van der Waals surface area contributed by atoms with Crippen molar-refractivity contribution in [3.8, 4) is 0 Å². The summed E-state index contributed by atoms with van der Waals surface area (Å²) in [5.41, 5.74) is 1.13. The number of halogens is 1. The van der Waals surface area contributed by atoms with E-state index in [2.05, 4.69) is 16.0 Å². The van der Waals surface area contributed by atoms with Crippen molar-refractivity contribution < 1.29 is 18.8 Å². The number of nitrogens with zero attached hydrogens (tertiary/aromatic N) is 1. The molecule has 130 valence electrons. The van der Waals surface area contributed by atoms with Crippen LogP contribution in [0.5, 0.6) is 0 Å².